The lowest BCUT2D eigenvalue weighted by Crippen LogP contribution is -2.18. The van der Waals surface area contributed by atoms with E-state index in [1.165, 1.54) is 18.2 Å². The summed E-state index contributed by atoms with van der Waals surface area (Å²) in [6.07, 6.45) is -4.69. The quantitative estimate of drug-likeness (QED) is 0.651. The van der Waals surface area contributed by atoms with Crippen molar-refractivity contribution in [3.63, 3.8) is 0 Å². The van der Waals surface area contributed by atoms with Crippen molar-refractivity contribution in [2.24, 2.45) is 0 Å². The lowest BCUT2D eigenvalue weighted by molar-refractivity contribution is -0.136. The molecule has 1 heterocycles. The van der Waals surface area contributed by atoms with E-state index in [9.17, 15) is 21.6 Å². The molecule has 0 atom stereocenters. The van der Waals surface area contributed by atoms with Crippen LogP contribution in [-0.4, -0.2) is 13.6 Å². The van der Waals surface area contributed by atoms with Gasteiger partial charge in [0.05, 0.1) is 21.8 Å². The Kier molecular flexibility index (Phi) is 4.97. The number of alkyl halides is 3. The number of aromatic nitrogens is 1. The van der Waals surface area contributed by atoms with Crippen molar-refractivity contribution in [2.45, 2.75) is 31.8 Å². The SMILES string of the molecule is Cc1ccc(-c2c(C)noc2C)cc1S(=O)(=O)Nc1ccccc1C(F)(F)F. The molecule has 2 aromatic carbocycles. The van der Waals surface area contributed by atoms with E-state index < -0.39 is 27.5 Å². The van der Waals surface area contributed by atoms with Gasteiger partial charge in [-0.05, 0) is 50.1 Å². The molecule has 0 unspecified atom stereocenters. The monoisotopic (exact) mass is 410 g/mol. The fraction of sp³-hybridized carbons (Fsp3) is 0.211. The summed E-state index contributed by atoms with van der Waals surface area (Å²) in [6.45, 7) is 4.99. The molecule has 5 nitrogen and oxygen atoms in total. The zero-order valence-corrected chi connectivity index (χ0v) is 16.1. The van der Waals surface area contributed by atoms with Gasteiger partial charge in [-0.2, -0.15) is 13.2 Å². The third-order valence-corrected chi connectivity index (χ3v) is 5.78. The van der Waals surface area contributed by atoms with Crippen molar-refractivity contribution < 1.29 is 26.1 Å². The van der Waals surface area contributed by atoms with E-state index in [1.54, 1.807) is 32.9 Å². The summed E-state index contributed by atoms with van der Waals surface area (Å²) in [4.78, 5) is -0.123. The summed E-state index contributed by atoms with van der Waals surface area (Å²) in [5, 5.41) is 3.85. The molecule has 9 heteroatoms. The molecule has 0 spiro atoms. The summed E-state index contributed by atoms with van der Waals surface area (Å²) in [7, 11) is -4.27. The number of hydrogen-bond donors (Lipinski definition) is 1. The van der Waals surface area contributed by atoms with Crippen LogP contribution in [0.4, 0.5) is 18.9 Å². The standard InChI is InChI=1S/C19H17F3N2O3S/c1-11-8-9-14(18-12(2)23-27-13(18)3)10-17(11)28(25,26)24-16-7-5-4-6-15(16)19(20,21)22/h4-10,24H,1-3H3. The normalized spacial score (nSPS) is 12.2. The molecule has 0 bridgehead atoms. The van der Waals surface area contributed by atoms with Gasteiger partial charge >= 0.3 is 6.18 Å². The predicted octanol–water partition coefficient (Wildman–Crippen LogP) is 5.09. The molecule has 0 radical (unpaired) electrons. The van der Waals surface area contributed by atoms with Gasteiger partial charge in [0, 0.05) is 5.56 Å². The number of halogens is 3. The number of nitrogens with zero attached hydrogens (tertiary/aromatic N) is 1. The van der Waals surface area contributed by atoms with Crippen molar-refractivity contribution in [1.29, 1.82) is 0 Å². The first-order valence-corrected chi connectivity index (χ1v) is 9.72. The average Bonchev–Trinajstić information content (AvgIpc) is 2.93. The summed E-state index contributed by atoms with van der Waals surface area (Å²) < 4.78 is 72.5. The molecule has 3 rings (SSSR count). The maximum Gasteiger partial charge on any atom is 0.418 e. The van der Waals surface area contributed by atoms with E-state index in [1.807, 2.05) is 0 Å². The third-order valence-electron chi connectivity index (χ3n) is 4.28. The predicted molar refractivity (Wildman–Crippen MR) is 98.4 cm³/mol. The van der Waals surface area contributed by atoms with Crippen LogP contribution in [0, 0.1) is 20.8 Å². The van der Waals surface area contributed by atoms with E-state index in [0.29, 0.717) is 28.1 Å². The molecule has 0 aliphatic carbocycles. The number of sulfonamides is 1. The molecular weight excluding hydrogens is 393 g/mol. The number of aryl methyl sites for hydroxylation is 3. The summed E-state index contributed by atoms with van der Waals surface area (Å²) in [6, 6.07) is 9.14. The summed E-state index contributed by atoms with van der Waals surface area (Å²) in [5.41, 5.74) is 0.585. The average molecular weight is 410 g/mol. The Morgan fingerprint density at radius 1 is 1.04 bits per heavy atom. The van der Waals surface area contributed by atoms with Crippen LogP contribution in [0.2, 0.25) is 0 Å². The molecule has 0 saturated carbocycles. The van der Waals surface area contributed by atoms with Crippen LogP contribution in [0.25, 0.3) is 11.1 Å². The van der Waals surface area contributed by atoms with Crippen molar-refractivity contribution in [1.82, 2.24) is 5.16 Å². The second-order valence-electron chi connectivity index (χ2n) is 6.33. The van der Waals surface area contributed by atoms with E-state index >= 15 is 0 Å². The maximum absolute atomic E-state index is 13.2. The number of benzene rings is 2. The van der Waals surface area contributed by atoms with Crippen molar-refractivity contribution in [2.75, 3.05) is 4.72 Å². The van der Waals surface area contributed by atoms with Crippen LogP contribution in [0.3, 0.4) is 0 Å². The minimum atomic E-state index is -4.69. The topological polar surface area (TPSA) is 72.2 Å². The van der Waals surface area contributed by atoms with Crippen LogP contribution in [0.15, 0.2) is 51.9 Å². The van der Waals surface area contributed by atoms with Crippen LogP contribution < -0.4 is 4.72 Å². The van der Waals surface area contributed by atoms with Crippen LogP contribution in [-0.2, 0) is 16.2 Å². The molecule has 148 valence electrons. The molecule has 28 heavy (non-hydrogen) atoms. The first-order valence-electron chi connectivity index (χ1n) is 8.23. The molecule has 0 saturated heterocycles. The summed E-state index contributed by atoms with van der Waals surface area (Å²) >= 11 is 0. The molecule has 1 aromatic heterocycles. The first kappa shape index (κ1) is 19.9. The first-order chi connectivity index (χ1) is 13.0. The van der Waals surface area contributed by atoms with Gasteiger partial charge in [0.2, 0.25) is 0 Å². The van der Waals surface area contributed by atoms with Crippen LogP contribution >= 0.6 is 0 Å². The van der Waals surface area contributed by atoms with E-state index in [4.69, 9.17) is 4.52 Å². The number of hydrogen-bond acceptors (Lipinski definition) is 4. The highest BCUT2D eigenvalue weighted by Gasteiger charge is 2.34. The Morgan fingerprint density at radius 2 is 1.71 bits per heavy atom. The van der Waals surface area contributed by atoms with Gasteiger partial charge in [0.15, 0.2) is 0 Å². The zero-order chi connectivity index (χ0) is 20.7. The van der Waals surface area contributed by atoms with E-state index in [2.05, 4.69) is 9.88 Å². The van der Waals surface area contributed by atoms with Gasteiger partial charge in [-0.15, -0.1) is 0 Å². The highest BCUT2D eigenvalue weighted by Crippen LogP contribution is 2.36. The molecular formula is C19H17F3N2O3S. The highest BCUT2D eigenvalue weighted by atomic mass is 32.2. The molecule has 0 fully saturated rings. The van der Waals surface area contributed by atoms with Crippen LogP contribution in [0.1, 0.15) is 22.6 Å². The van der Waals surface area contributed by atoms with Gasteiger partial charge < -0.3 is 4.52 Å². The second-order valence-corrected chi connectivity index (χ2v) is 7.98. The lowest BCUT2D eigenvalue weighted by Gasteiger charge is -2.16. The molecule has 0 aliphatic rings. The van der Waals surface area contributed by atoms with Gasteiger partial charge in [-0.25, -0.2) is 8.42 Å². The van der Waals surface area contributed by atoms with E-state index in [-0.39, 0.29) is 4.90 Å². The van der Waals surface area contributed by atoms with Gasteiger partial charge in [0.25, 0.3) is 10.0 Å². The van der Waals surface area contributed by atoms with Gasteiger partial charge in [-0.3, -0.25) is 4.72 Å². The molecule has 0 amide bonds. The number of rotatable bonds is 4. The Bertz CT molecular complexity index is 1120. The fourth-order valence-corrected chi connectivity index (χ4v) is 4.31. The minimum Gasteiger partial charge on any atom is -0.361 e. The number of nitrogens with one attached hydrogen (secondary N) is 1. The largest absolute Gasteiger partial charge is 0.418 e. The van der Waals surface area contributed by atoms with Gasteiger partial charge in [-0.1, -0.05) is 29.4 Å². The Balaban J connectivity index is 2.08. The molecule has 3 aromatic rings. The number of anilines is 1. The summed E-state index contributed by atoms with van der Waals surface area (Å²) in [5.74, 6) is 0.514. The van der Waals surface area contributed by atoms with Crippen molar-refractivity contribution >= 4 is 15.7 Å². The van der Waals surface area contributed by atoms with Crippen molar-refractivity contribution in [3.8, 4) is 11.1 Å². The lowest BCUT2D eigenvalue weighted by atomic mass is 10.0. The zero-order valence-electron chi connectivity index (χ0n) is 15.3. The smallest absolute Gasteiger partial charge is 0.361 e. The second kappa shape index (κ2) is 6.97. The fourth-order valence-electron chi connectivity index (χ4n) is 2.96. The van der Waals surface area contributed by atoms with Gasteiger partial charge in [0.1, 0.15) is 5.76 Å². The van der Waals surface area contributed by atoms with E-state index in [0.717, 1.165) is 12.1 Å². The van der Waals surface area contributed by atoms with Crippen molar-refractivity contribution in [3.05, 3.63) is 65.0 Å². The highest BCUT2D eigenvalue weighted by molar-refractivity contribution is 7.92. The minimum absolute atomic E-state index is 0.123. The third kappa shape index (κ3) is 3.75. The molecule has 1 N–H and O–H groups in total. The molecule has 0 aliphatic heterocycles. The van der Waals surface area contributed by atoms with Crippen LogP contribution in [0.5, 0.6) is 0 Å². The Labute approximate surface area is 160 Å². The number of para-hydroxylation sites is 1. The maximum atomic E-state index is 13.2. The Morgan fingerprint density at radius 3 is 2.32 bits per heavy atom. The Hall–Kier alpha value is -2.81.